The highest BCUT2D eigenvalue weighted by Gasteiger charge is 2.35. The van der Waals surface area contributed by atoms with Crippen molar-refractivity contribution in [1.82, 2.24) is 9.62 Å². The lowest BCUT2D eigenvalue weighted by molar-refractivity contribution is -0.139. The summed E-state index contributed by atoms with van der Waals surface area (Å²) < 4.78 is 31.4. The molecule has 23 heavy (non-hydrogen) atoms. The number of carboxylic acid groups (broad SMARTS) is 2. The molecule has 132 valence electrons. The van der Waals surface area contributed by atoms with E-state index in [1.807, 2.05) is 5.32 Å². The van der Waals surface area contributed by atoms with Gasteiger partial charge in [0, 0.05) is 6.42 Å². The number of rotatable bonds is 9. The molecule has 0 aromatic heterocycles. The van der Waals surface area contributed by atoms with Crippen LogP contribution in [0, 0.1) is 0 Å². The molecular formula is C10H17N3O9S. The van der Waals surface area contributed by atoms with E-state index in [1.54, 1.807) is 0 Å². The summed E-state index contributed by atoms with van der Waals surface area (Å²) in [7, 11) is -5.13. The van der Waals surface area contributed by atoms with Crippen LogP contribution in [0.3, 0.4) is 0 Å². The second-order valence-electron chi connectivity index (χ2n) is 4.44. The minimum absolute atomic E-state index is 0.168. The van der Waals surface area contributed by atoms with E-state index in [0.29, 0.717) is 0 Å². The number of nitrogens with two attached hydrogens (primary N) is 1. The summed E-state index contributed by atoms with van der Waals surface area (Å²) in [6.07, 6.45) is -1.09. The molecule has 12 nitrogen and oxygen atoms in total. The Labute approximate surface area is 131 Å². The molecule has 0 rings (SSSR count). The third kappa shape index (κ3) is 7.03. The second kappa shape index (κ2) is 8.40. The smallest absolute Gasteiger partial charge is 0.362 e. The first-order chi connectivity index (χ1) is 10.4. The lowest BCUT2D eigenvalue weighted by atomic mass is 10.1. The van der Waals surface area contributed by atoms with Crippen molar-refractivity contribution in [3.05, 3.63) is 0 Å². The van der Waals surface area contributed by atoms with Crippen LogP contribution in [0.25, 0.3) is 0 Å². The molecule has 6 N–H and O–H groups in total. The predicted molar refractivity (Wildman–Crippen MR) is 73.3 cm³/mol. The van der Waals surface area contributed by atoms with E-state index in [4.69, 9.17) is 20.5 Å². The summed E-state index contributed by atoms with van der Waals surface area (Å²) in [5, 5.41) is 18.8. The van der Waals surface area contributed by atoms with Crippen LogP contribution in [0.4, 0.5) is 0 Å². The fourth-order valence-corrected chi connectivity index (χ4v) is 2.32. The Morgan fingerprint density at radius 2 is 1.74 bits per heavy atom. The Balaban J connectivity index is 5.08. The highest BCUT2D eigenvalue weighted by molar-refractivity contribution is 7.84. The van der Waals surface area contributed by atoms with Crippen LogP contribution in [0.15, 0.2) is 0 Å². The Morgan fingerprint density at radius 1 is 1.22 bits per heavy atom. The van der Waals surface area contributed by atoms with Crippen molar-refractivity contribution in [3.63, 3.8) is 0 Å². The molecule has 0 bridgehead atoms. The Morgan fingerprint density at radius 3 is 2.13 bits per heavy atom. The SMILES string of the molecule is CC(C(=O)NCC(=O)O)N(C(=O)CCC(N)C(=O)O)S(=O)(=O)O. The zero-order valence-corrected chi connectivity index (χ0v) is 12.8. The molecule has 0 aliphatic carbocycles. The van der Waals surface area contributed by atoms with E-state index < -0.39 is 65.5 Å². The monoisotopic (exact) mass is 355 g/mol. The second-order valence-corrected chi connectivity index (χ2v) is 5.73. The number of nitrogens with zero attached hydrogens (tertiary/aromatic N) is 1. The average molecular weight is 355 g/mol. The highest BCUT2D eigenvalue weighted by atomic mass is 32.2. The van der Waals surface area contributed by atoms with Gasteiger partial charge < -0.3 is 21.3 Å². The molecule has 0 saturated heterocycles. The van der Waals surface area contributed by atoms with Gasteiger partial charge in [0.15, 0.2) is 0 Å². The van der Waals surface area contributed by atoms with Crippen LogP contribution < -0.4 is 11.1 Å². The molecule has 0 spiro atoms. The van der Waals surface area contributed by atoms with Gasteiger partial charge >= 0.3 is 22.2 Å². The fourth-order valence-electron chi connectivity index (χ4n) is 1.47. The largest absolute Gasteiger partial charge is 0.480 e. The van der Waals surface area contributed by atoms with Gasteiger partial charge in [-0.25, -0.2) is 4.31 Å². The summed E-state index contributed by atoms with van der Waals surface area (Å²) in [5.74, 6) is -5.21. The summed E-state index contributed by atoms with van der Waals surface area (Å²) in [5.41, 5.74) is 5.16. The van der Waals surface area contributed by atoms with Crippen LogP contribution in [0.2, 0.25) is 0 Å². The average Bonchev–Trinajstić information content (AvgIpc) is 2.40. The van der Waals surface area contributed by atoms with Gasteiger partial charge in [-0.3, -0.25) is 23.7 Å². The van der Waals surface area contributed by atoms with E-state index in [9.17, 15) is 27.6 Å². The molecule has 2 amide bonds. The van der Waals surface area contributed by atoms with Crippen LogP contribution >= 0.6 is 0 Å². The van der Waals surface area contributed by atoms with E-state index in [2.05, 4.69) is 0 Å². The highest BCUT2D eigenvalue weighted by Crippen LogP contribution is 2.10. The van der Waals surface area contributed by atoms with Crippen LogP contribution in [0.5, 0.6) is 0 Å². The Bertz CT molecular complexity index is 588. The van der Waals surface area contributed by atoms with Gasteiger partial charge in [-0.2, -0.15) is 8.42 Å². The quantitative estimate of drug-likeness (QED) is 0.273. The molecule has 0 aliphatic rings. The fraction of sp³-hybridized carbons (Fsp3) is 0.600. The van der Waals surface area contributed by atoms with Gasteiger partial charge in [-0.15, -0.1) is 0 Å². The molecule has 0 aromatic rings. The molecular weight excluding hydrogens is 338 g/mol. The summed E-state index contributed by atoms with van der Waals surface area (Å²) in [6, 6.07) is -3.17. The zero-order valence-electron chi connectivity index (χ0n) is 12.0. The van der Waals surface area contributed by atoms with Gasteiger partial charge in [-0.1, -0.05) is 0 Å². The van der Waals surface area contributed by atoms with Crippen LogP contribution in [0.1, 0.15) is 19.8 Å². The normalized spacial score (nSPS) is 13.7. The molecule has 2 atom stereocenters. The van der Waals surface area contributed by atoms with E-state index in [1.165, 1.54) is 0 Å². The summed E-state index contributed by atoms with van der Waals surface area (Å²) >= 11 is 0. The van der Waals surface area contributed by atoms with Crippen molar-refractivity contribution >= 4 is 34.1 Å². The number of aliphatic carboxylic acids is 2. The molecule has 0 aromatic carbocycles. The first-order valence-corrected chi connectivity index (χ1v) is 7.55. The Hall–Kier alpha value is -2.25. The number of hydrogen-bond acceptors (Lipinski definition) is 7. The lowest BCUT2D eigenvalue weighted by Gasteiger charge is -2.25. The van der Waals surface area contributed by atoms with Crippen molar-refractivity contribution in [2.75, 3.05) is 6.54 Å². The van der Waals surface area contributed by atoms with E-state index in [0.717, 1.165) is 6.92 Å². The Kier molecular flexibility index (Phi) is 7.58. The number of hydrogen-bond donors (Lipinski definition) is 5. The summed E-state index contributed by atoms with van der Waals surface area (Å²) in [4.78, 5) is 44.3. The molecule has 0 radical (unpaired) electrons. The van der Waals surface area contributed by atoms with Crippen molar-refractivity contribution < 1.29 is 42.4 Å². The molecule has 0 heterocycles. The van der Waals surface area contributed by atoms with Gasteiger partial charge in [-0.05, 0) is 13.3 Å². The van der Waals surface area contributed by atoms with Gasteiger partial charge in [0.1, 0.15) is 18.6 Å². The van der Waals surface area contributed by atoms with Crippen LogP contribution in [-0.2, 0) is 29.5 Å². The maximum absolute atomic E-state index is 11.8. The number of nitrogens with one attached hydrogen (secondary N) is 1. The molecule has 13 heteroatoms. The predicted octanol–water partition coefficient (Wildman–Crippen LogP) is -2.60. The molecule has 0 fully saturated rings. The van der Waals surface area contributed by atoms with Crippen molar-refractivity contribution in [3.8, 4) is 0 Å². The standard InChI is InChI=1S/C10H17N3O9S/c1-5(9(17)12-4-8(15)16)13(23(20,21)22)7(14)3-2-6(11)10(18)19/h5-6H,2-4,11H2,1H3,(H,12,17)(H,15,16)(H,18,19)(H,20,21,22). The maximum atomic E-state index is 11.8. The molecule has 0 saturated carbocycles. The van der Waals surface area contributed by atoms with E-state index in [-0.39, 0.29) is 4.31 Å². The third-order valence-corrected chi connectivity index (χ3v) is 3.64. The first-order valence-electron chi connectivity index (χ1n) is 6.15. The van der Waals surface area contributed by atoms with Gasteiger partial charge in [0.25, 0.3) is 0 Å². The first kappa shape index (κ1) is 20.8. The number of carbonyl (C=O) groups excluding carboxylic acids is 2. The van der Waals surface area contributed by atoms with Crippen molar-refractivity contribution in [2.45, 2.75) is 31.8 Å². The number of carboxylic acids is 2. The van der Waals surface area contributed by atoms with Gasteiger partial charge in [0.2, 0.25) is 11.8 Å². The van der Waals surface area contributed by atoms with Gasteiger partial charge in [0.05, 0.1) is 0 Å². The zero-order chi connectivity index (χ0) is 18.4. The number of amides is 2. The minimum Gasteiger partial charge on any atom is -0.480 e. The van der Waals surface area contributed by atoms with Crippen LogP contribution in [-0.4, -0.2) is 69.9 Å². The van der Waals surface area contributed by atoms with E-state index >= 15 is 0 Å². The third-order valence-electron chi connectivity index (χ3n) is 2.63. The lowest BCUT2D eigenvalue weighted by Crippen LogP contribution is -2.51. The maximum Gasteiger partial charge on any atom is 0.362 e. The van der Waals surface area contributed by atoms with Crippen molar-refractivity contribution in [2.24, 2.45) is 5.73 Å². The topological polar surface area (TPSA) is 204 Å². The number of carbonyl (C=O) groups is 4. The molecule has 2 unspecified atom stereocenters. The van der Waals surface area contributed by atoms with Crippen molar-refractivity contribution in [1.29, 1.82) is 0 Å². The minimum atomic E-state index is -5.13. The molecule has 0 aliphatic heterocycles. The summed E-state index contributed by atoms with van der Waals surface area (Å²) in [6.45, 7) is 0.126.